The average Bonchev–Trinajstić information content (AvgIpc) is 2.96. The minimum absolute atomic E-state index is 0.103. The Morgan fingerprint density at radius 1 is 1.21 bits per heavy atom. The predicted molar refractivity (Wildman–Crippen MR) is 112 cm³/mol. The summed E-state index contributed by atoms with van der Waals surface area (Å²) < 4.78 is 16.0. The lowest BCUT2D eigenvalue weighted by molar-refractivity contribution is -0.119. The van der Waals surface area contributed by atoms with Gasteiger partial charge in [0.05, 0.1) is 6.54 Å². The van der Waals surface area contributed by atoms with Gasteiger partial charge in [-0.3, -0.25) is 9.36 Å². The van der Waals surface area contributed by atoms with Crippen molar-refractivity contribution in [3.05, 3.63) is 75.2 Å². The van der Waals surface area contributed by atoms with Gasteiger partial charge in [-0.05, 0) is 50.1 Å². The van der Waals surface area contributed by atoms with Gasteiger partial charge in [0.1, 0.15) is 12.7 Å². The Balaban J connectivity index is 1.80. The van der Waals surface area contributed by atoms with E-state index in [1.165, 1.54) is 11.5 Å². The first-order chi connectivity index (χ1) is 13.8. The summed E-state index contributed by atoms with van der Waals surface area (Å²) in [6.45, 7) is 3.11. The Morgan fingerprint density at radius 3 is 2.59 bits per heavy atom. The van der Waals surface area contributed by atoms with Crippen molar-refractivity contribution < 1.29 is 9.18 Å². The van der Waals surface area contributed by atoms with Gasteiger partial charge in [0.15, 0.2) is 11.6 Å². The van der Waals surface area contributed by atoms with E-state index in [0.29, 0.717) is 29.3 Å². The molecule has 0 spiro atoms. The topological polar surface area (TPSA) is 56.9 Å². The first-order valence-electron chi connectivity index (χ1n) is 9.48. The quantitative estimate of drug-likeness (QED) is 0.553. The summed E-state index contributed by atoms with van der Waals surface area (Å²) in [5, 5.41) is 4.86. The number of carbonyl (C=O) groups excluding carboxylic acids is 1. The second-order valence-corrected chi connectivity index (χ2v) is 7.63. The van der Waals surface area contributed by atoms with Crippen molar-refractivity contribution >= 4 is 17.4 Å². The molecule has 0 bridgehead atoms. The molecule has 0 amide bonds. The summed E-state index contributed by atoms with van der Waals surface area (Å²) in [6.07, 6.45) is -0.325. The number of halogens is 2. The number of carbonyl (C=O) groups is 1. The van der Waals surface area contributed by atoms with Crippen LogP contribution in [0.1, 0.15) is 24.5 Å². The molecule has 7 heteroatoms. The molecule has 0 radical (unpaired) electrons. The summed E-state index contributed by atoms with van der Waals surface area (Å²) in [5.41, 5.74) is 2.35. The van der Waals surface area contributed by atoms with Crippen molar-refractivity contribution in [3.8, 4) is 11.4 Å². The maximum absolute atomic E-state index is 13.7. The number of hydrogen-bond donors (Lipinski definition) is 0. The number of Topliss-reactive ketones (excluding diaryl/α,β-unsaturated/α-hetero) is 1. The highest BCUT2D eigenvalue weighted by molar-refractivity contribution is 6.30. The minimum Gasteiger partial charge on any atom is -0.298 e. The Morgan fingerprint density at radius 2 is 1.93 bits per heavy atom. The predicted octanol–water partition coefficient (Wildman–Crippen LogP) is 4.23. The van der Waals surface area contributed by atoms with Crippen molar-refractivity contribution in [3.63, 3.8) is 0 Å². The first kappa shape index (κ1) is 21.0. The lowest BCUT2D eigenvalue weighted by atomic mass is 10.1. The van der Waals surface area contributed by atoms with Gasteiger partial charge < -0.3 is 0 Å². The van der Waals surface area contributed by atoms with Crippen molar-refractivity contribution in [2.24, 2.45) is 0 Å². The Kier molecular flexibility index (Phi) is 6.64. The number of hydrogen-bond acceptors (Lipinski definition) is 3. The summed E-state index contributed by atoms with van der Waals surface area (Å²) in [6, 6.07) is 14.8. The minimum atomic E-state index is -1.23. The normalized spacial score (nSPS) is 12.1. The molecule has 0 saturated heterocycles. The molecule has 0 aliphatic rings. The number of benzene rings is 2. The second-order valence-electron chi connectivity index (χ2n) is 7.19. The van der Waals surface area contributed by atoms with E-state index in [1.54, 1.807) is 24.3 Å². The van der Waals surface area contributed by atoms with Crippen LogP contribution in [0.4, 0.5) is 4.39 Å². The highest BCUT2D eigenvalue weighted by Crippen LogP contribution is 2.19. The molecule has 152 valence electrons. The van der Waals surface area contributed by atoms with Gasteiger partial charge in [0.25, 0.3) is 0 Å². The fourth-order valence-corrected chi connectivity index (χ4v) is 3.30. The molecule has 29 heavy (non-hydrogen) atoms. The molecular weight excluding hydrogens is 393 g/mol. The fourth-order valence-electron chi connectivity index (χ4n) is 3.17. The van der Waals surface area contributed by atoms with E-state index in [2.05, 4.69) is 5.10 Å². The van der Waals surface area contributed by atoms with Gasteiger partial charge in [0.2, 0.25) is 0 Å². The van der Waals surface area contributed by atoms with Crippen LogP contribution in [0.5, 0.6) is 0 Å². The zero-order valence-electron chi connectivity index (χ0n) is 16.4. The standard InChI is InChI=1S/C22H23ClFN3O2/c1-15-4-3-5-17(12-15)6-11-20(28)14-27-22(29)26(13-16(2)24)21(25-27)18-7-9-19(23)10-8-18/h3-5,7-10,12,16H,6,11,13-14H2,1-2H3. The molecular formula is C22H23ClFN3O2. The van der Waals surface area contributed by atoms with E-state index in [1.807, 2.05) is 31.2 Å². The average molecular weight is 416 g/mol. The maximum Gasteiger partial charge on any atom is 0.346 e. The van der Waals surface area contributed by atoms with E-state index in [-0.39, 0.29) is 18.9 Å². The van der Waals surface area contributed by atoms with Crippen molar-refractivity contribution in [2.45, 2.75) is 46.0 Å². The number of nitrogens with zero attached hydrogens (tertiary/aromatic N) is 3. The summed E-state index contributed by atoms with van der Waals surface area (Å²) in [7, 11) is 0. The lowest BCUT2D eigenvalue weighted by Crippen LogP contribution is -2.29. The third-order valence-electron chi connectivity index (χ3n) is 4.56. The molecule has 1 atom stereocenters. The number of aryl methyl sites for hydroxylation is 2. The van der Waals surface area contributed by atoms with Gasteiger partial charge in [-0.25, -0.2) is 13.9 Å². The largest absolute Gasteiger partial charge is 0.346 e. The van der Waals surface area contributed by atoms with Crippen LogP contribution in [0.2, 0.25) is 5.02 Å². The molecule has 0 aliphatic heterocycles. The Hall–Kier alpha value is -2.73. The van der Waals surface area contributed by atoms with Gasteiger partial charge in [-0.2, -0.15) is 0 Å². The van der Waals surface area contributed by atoms with Gasteiger partial charge >= 0.3 is 5.69 Å². The van der Waals surface area contributed by atoms with Gasteiger partial charge in [-0.1, -0.05) is 41.4 Å². The molecule has 0 N–H and O–H groups in total. The molecule has 0 fully saturated rings. The highest BCUT2D eigenvalue weighted by Gasteiger charge is 2.18. The van der Waals surface area contributed by atoms with Gasteiger partial charge in [0, 0.05) is 17.0 Å². The molecule has 1 unspecified atom stereocenters. The van der Waals surface area contributed by atoms with Crippen LogP contribution >= 0.6 is 11.6 Å². The Labute approximate surface area is 173 Å². The summed E-state index contributed by atoms with van der Waals surface area (Å²) in [5.74, 6) is 0.219. The molecule has 2 aromatic carbocycles. The third-order valence-corrected chi connectivity index (χ3v) is 4.81. The fraction of sp³-hybridized carbons (Fsp3) is 0.318. The lowest BCUT2D eigenvalue weighted by Gasteiger charge is -2.06. The zero-order valence-corrected chi connectivity index (χ0v) is 17.2. The smallest absolute Gasteiger partial charge is 0.298 e. The van der Waals surface area contributed by atoms with Crippen molar-refractivity contribution in [1.29, 1.82) is 0 Å². The van der Waals surface area contributed by atoms with Crippen LogP contribution in [0.15, 0.2) is 53.3 Å². The number of alkyl halides is 1. The van der Waals surface area contributed by atoms with Crippen molar-refractivity contribution in [1.82, 2.24) is 14.3 Å². The number of rotatable bonds is 8. The monoisotopic (exact) mass is 415 g/mol. The molecule has 3 rings (SSSR count). The van der Waals surface area contributed by atoms with Crippen LogP contribution in [-0.4, -0.2) is 26.3 Å². The SMILES string of the molecule is Cc1cccc(CCC(=O)Cn2nc(-c3ccc(Cl)cc3)n(CC(C)F)c2=O)c1. The number of ketones is 1. The van der Waals surface area contributed by atoms with Crippen LogP contribution in [0, 0.1) is 6.92 Å². The van der Waals surface area contributed by atoms with E-state index in [9.17, 15) is 14.0 Å². The van der Waals surface area contributed by atoms with Gasteiger partial charge in [-0.15, -0.1) is 5.10 Å². The third kappa shape index (κ3) is 5.41. The first-order valence-corrected chi connectivity index (χ1v) is 9.86. The van der Waals surface area contributed by atoms with E-state index in [4.69, 9.17) is 11.6 Å². The zero-order chi connectivity index (χ0) is 21.0. The van der Waals surface area contributed by atoms with Crippen LogP contribution in [0.3, 0.4) is 0 Å². The summed E-state index contributed by atoms with van der Waals surface area (Å²) >= 11 is 5.92. The molecule has 3 aromatic rings. The molecule has 1 aromatic heterocycles. The molecule has 0 saturated carbocycles. The molecule has 0 aliphatic carbocycles. The molecule has 5 nitrogen and oxygen atoms in total. The maximum atomic E-state index is 13.7. The van der Waals surface area contributed by atoms with E-state index in [0.717, 1.165) is 15.8 Å². The molecule has 1 heterocycles. The van der Waals surface area contributed by atoms with E-state index >= 15 is 0 Å². The summed E-state index contributed by atoms with van der Waals surface area (Å²) in [4.78, 5) is 25.2. The second kappa shape index (κ2) is 9.18. The van der Waals surface area contributed by atoms with Crippen LogP contribution < -0.4 is 5.69 Å². The Bertz CT molecular complexity index is 1050. The van der Waals surface area contributed by atoms with E-state index < -0.39 is 11.9 Å². The van der Waals surface area contributed by atoms with Crippen LogP contribution in [-0.2, 0) is 24.3 Å². The van der Waals surface area contributed by atoms with Crippen LogP contribution in [0.25, 0.3) is 11.4 Å². The van der Waals surface area contributed by atoms with Crippen molar-refractivity contribution in [2.75, 3.05) is 0 Å². The highest BCUT2D eigenvalue weighted by atomic mass is 35.5. The number of aromatic nitrogens is 3.